The second-order valence-electron chi connectivity index (χ2n) is 7.84. The summed E-state index contributed by atoms with van der Waals surface area (Å²) in [5, 5.41) is 0. The summed E-state index contributed by atoms with van der Waals surface area (Å²) in [6.07, 6.45) is -0.785. The van der Waals surface area contributed by atoms with Crippen molar-refractivity contribution in [1.29, 1.82) is 0 Å². The largest absolute Gasteiger partial charge is 0.446 e. The lowest BCUT2D eigenvalue weighted by Gasteiger charge is -2.20. The fraction of sp³-hybridized carbons (Fsp3) is 0.0714. The Balaban J connectivity index is 1.64. The van der Waals surface area contributed by atoms with Crippen LogP contribution in [-0.4, -0.2) is 15.5 Å². The first-order chi connectivity index (χ1) is 16.6. The van der Waals surface area contributed by atoms with Crippen molar-refractivity contribution in [3.8, 4) is 0 Å². The van der Waals surface area contributed by atoms with E-state index in [9.17, 15) is 9.18 Å². The quantitative estimate of drug-likeness (QED) is 0.230. The molecule has 0 aliphatic carbocycles. The molecule has 6 heteroatoms. The number of carbonyl (C=O) groups is 1. The van der Waals surface area contributed by atoms with Crippen LogP contribution < -0.4 is 0 Å². The monoisotopic (exact) mass is 514 g/mol. The summed E-state index contributed by atoms with van der Waals surface area (Å²) in [7, 11) is 0. The number of para-hydroxylation sites is 2. The molecule has 0 bridgehead atoms. The molecule has 0 saturated heterocycles. The number of nitrogens with zero attached hydrogens (tertiary/aromatic N) is 2. The highest BCUT2D eigenvalue weighted by atomic mass is 79.9. The molecular weight excluding hydrogens is 495 g/mol. The van der Waals surface area contributed by atoms with Crippen molar-refractivity contribution in [2.75, 3.05) is 0 Å². The zero-order valence-corrected chi connectivity index (χ0v) is 19.7. The Morgan fingerprint density at radius 2 is 1.65 bits per heavy atom. The van der Waals surface area contributed by atoms with Gasteiger partial charge in [-0.2, -0.15) is 0 Å². The topological polar surface area (TPSA) is 44.1 Å². The van der Waals surface area contributed by atoms with Gasteiger partial charge in [0.05, 0.1) is 23.1 Å². The fourth-order valence-electron chi connectivity index (χ4n) is 3.95. The molecule has 0 N–H and O–H groups in total. The fourth-order valence-corrected chi connectivity index (χ4v) is 4.34. The highest BCUT2D eigenvalue weighted by molar-refractivity contribution is 9.10. The van der Waals surface area contributed by atoms with E-state index in [1.54, 1.807) is 36.4 Å². The minimum Gasteiger partial charge on any atom is -0.446 e. The first-order valence-electron chi connectivity index (χ1n) is 10.8. The third-order valence-corrected chi connectivity index (χ3v) is 6.09. The van der Waals surface area contributed by atoms with Gasteiger partial charge in [-0.25, -0.2) is 14.2 Å². The number of benzene rings is 4. The molecule has 34 heavy (non-hydrogen) atoms. The number of aromatic nitrogens is 2. The maximum absolute atomic E-state index is 14.6. The molecule has 0 saturated carbocycles. The Bertz CT molecular complexity index is 1470. The van der Waals surface area contributed by atoms with Crippen molar-refractivity contribution in [1.82, 2.24) is 9.55 Å². The Labute approximate surface area is 204 Å². The number of ether oxygens (including phenoxy) is 1. The van der Waals surface area contributed by atoms with Crippen molar-refractivity contribution in [3.05, 3.63) is 136 Å². The number of imidazole rings is 1. The van der Waals surface area contributed by atoms with Crippen LogP contribution in [0.1, 0.15) is 33.4 Å². The van der Waals surface area contributed by atoms with Crippen molar-refractivity contribution >= 4 is 32.9 Å². The van der Waals surface area contributed by atoms with Gasteiger partial charge < -0.3 is 9.30 Å². The van der Waals surface area contributed by atoms with E-state index < -0.39 is 12.1 Å². The van der Waals surface area contributed by atoms with Gasteiger partial charge in [-0.1, -0.05) is 82.7 Å². The average molecular weight is 515 g/mol. The summed E-state index contributed by atoms with van der Waals surface area (Å²) in [5.74, 6) is -0.243. The average Bonchev–Trinajstić information content (AvgIpc) is 3.22. The summed E-state index contributed by atoms with van der Waals surface area (Å²) < 4.78 is 23.3. The highest BCUT2D eigenvalue weighted by Gasteiger charge is 2.27. The van der Waals surface area contributed by atoms with E-state index in [4.69, 9.17) is 9.72 Å². The molecule has 0 aliphatic heterocycles. The molecule has 1 unspecified atom stereocenters. The molecule has 1 aromatic heterocycles. The Kier molecular flexibility index (Phi) is 6.23. The van der Waals surface area contributed by atoms with Crippen molar-refractivity contribution in [2.45, 2.75) is 12.6 Å². The van der Waals surface area contributed by atoms with E-state index in [1.807, 2.05) is 65.2 Å². The van der Waals surface area contributed by atoms with Crippen LogP contribution in [0, 0.1) is 5.82 Å². The first-order valence-corrected chi connectivity index (χ1v) is 11.6. The predicted octanol–water partition coefficient (Wildman–Crippen LogP) is 6.93. The Morgan fingerprint density at radius 1 is 0.912 bits per heavy atom. The molecule has 0 amide bonds. The Morgan fingerprint density at radius 3 is 2.44 bits per heavy atom. The van der Waals surface area contributed by atoms with Crippen LogP contribution in [-0.2, 0) is 11.3 Å². The summed E-state index contributed by atoms with van der Waals surface area (Å²) in [5.41, 5.74) is 3.30. The molecule has 0 fully saturated rings. The molecule has 1 atom stereocenters. The van der Waals surface area contributed by atoms with E-state index in [-0.39, 0.29) is 12.4 Å². The minimum absolute atomic E-state index is 0.250. The second kappa shape index (κ2) is 9.61. The van der Waals surface area contributed by atoms with Crippen LogP contribution >= 0.6 is 15.9 Å². The van der Waals surface area contributed by atoms with Gasteiger partial charge in [0.25, 0.3) is 0 Å². The van der Waals surface area contributed by atoms with Crippen molar-refractivity contribution in [3.63, 3.8) is 0 Å². The molecule has 5 aromatic rings. The van der Waals surface area contributed by atoms with E-state index in [0.717, 1.165) is 21.1 Å². The summed E-state index contributed by atoms with van der Waals surface area (Å²) in [6, 6.07) is 30.8. The smallest absolute Gasteiger partial charge is 0.339 e. The predicted molar refractivity (Wildman–Crippen MR) is 133 cm³/mol. The number of hydrogen-bond acceptors (Lipinski definition) is 3. The van der Waals surface area contributed by atoms with E-state index >= 15 is 0 Å². The van der Waals surface area contributed by atoms with Gasteiger partial charge in [0.1, 0.15) is 5.82 Å². The third kappa shape index (κ3) is 4.50. The van der Waals surface area contributed by atoms with E-state index in [1.165, 1.54) is 6.07 Å². The van der Waals surface area contributed by atoms with Crippen LogP contribution in [0.5, 0.6) is 0 Å². The number of esters is 1. The maximum Gasteiger partial charge on any atom is 0.339 e. The summed E-state index contributed by atoms with van der Waals surface area (Å²) >= 11 is 3.41. The normalized spacial score (nSPS) is 11.9. The molecule has 5 rings (SSSR count). The number of carbonyl (C=O) groups excluding carboxylic acids is 1. The molecule has 168 valence electrons. The summed E-state index contributed by atoms with van der Waals surface area (Å²) in [4.78, 5) is 18.0. The molecule has 0 spiro atoms. The number of halogens is 2. The zero-order valence-electron chi connectivity index (χ0n) is 18.1. The van der Waals surface area contributed by atoms with Crippen molar-refractivity contribution < 1.29 is 13.9 Å². The van der Waals surface area contributed by atoms with Gasteiger partial charge >= 0.3 is 5.97 Å². The number of fused-ring (bicyclic) bond motifs is 1. The summed E-state index contributed by atoms with van der Waals surface area (Å²) in [6.45, 7) is 0.250. The van der Waals surface area contributed by atoms with Gasteiger partial charge in [0.15, 0.2) is 11.9 Å². The van der Waals surface area contributed by atoms with Crippen LogP contribution in [0.4, 0.5) is 4.39 Å². The second-order valence-corrected chi connectivity index (χ2v) is 8.76. The lowest BCUT2D eigenvalue weighted by Crippen LogP contribution is -2.18. The molecular formula is C28H20BrFN2O2. The molecule has 4 nitrogen and oxygen atoms in total. The Hall–Kier alpha value is -3.77. The van der Waals surface area contributed by atoms with Gasteiger partial charge in [-0.15, -0.1) is 0 Å². The highest BCUT2D eigenvalue weighted by Crippen LogP contribution is 2.31. The van der Waals surface area contributed by atoms with Gasteiger partial charge in [0, 0.05) is 15.6 Å². The first kappa shape index (κ1) is 22.0. The van der Waals surface area contributed by atoms with Gasteiger partial charge in [-0.3, -0.25) is 0 Å². The minimum atomic E-state index is -0.785. The standard InChI is InChI=1S/C28H20BrFN2O2/c29-22-13-8-12-20(17-22)28(33)34-26(19-9-2-1-3-10-19)27-31-24-15-6-7-16-25(24)32(27)18-21-11-4-5-14-23(21)30/h1-17,26H,18H2. The number of hydrogen-bond donors (Lipinski definition) is 0. The van der Waals surface area contributed by atoms with E-state index in [0.29, 0.717) is 17.0 Å². The molecule has 1 heterocycles. The molecule has 4 aromatic carbocycles. The lowest BCUT2D eigenvalue weighted by atomic mass is 10.1. The van der Waals surface area contributed by atoms with Crippen molar-refractivity contribution in [2.24, 2.45) is 0 Å². The van der Waals surface area contributed by atoms with Crippen LogP contribution in [0.3, 0.4) is 0 Å². The molecule has 0 aliphatic rings. The zero-order chi connectivity index (χ0) is 23.5. The van der Waals surface area contributed by atoms with Crippen LogP contribution in [0.15, 0.2) is 108 Å². The maximum atomic E-state index is 14.6. The molecule has 0 radical (unpaired) electrons. The van der Waals surface area contributed by atoms with E-state index in [2.05, 4.69) is 15.9 Å². The van der Waals surface area contributed by atoms with Crippen LogP contribution in [0.2, 0.25) is 0 Å². The SMILES string of the molecule is O=C(OC(c1ccccc1)c1nc2ccccc2n1Cc1ccccc1F)c1cccc(Br)c1. The van der Waals surface area contributed by atoms with Gasteiger partial charge in [-0.05, 0) is 36.4 Å². The third-order valence-electron chi connectivity index (χ3n) is 5.59. The van der Waals surface area contributed by atoms with Crippen LogP contribution in [0.25, 0.3) is 11.0 Å². The van der Waals surface area contributed by atoms with Gasteiger partial charge in [0.2, 0.25) is 0 Å². The number of rotatable bonds is 6. The lowest BCUT2D eigenvalue weighted by molar-refractivity contribution is 0.0357.